The third kappa shape index (κ3) is 1.33. The Morgan fingerprint density at radius 2 is 2.14 bits per heavy atom. The van der Waals surface area contributed by atoms with Crippen LogP contribution in [0.2, 0.25) is 0 Å². The third-order valence-corrected chi connectivity index (χ3v) is 3.28. The molecule has 0 aromatic heterocycles. The molecule has 0 spiro atoms. The van der Waals surface area contributed by atoms with Crippen LogP contribution < -0.4 is 11.1 Å². The van der Waals surface area contributed by atoms with Gasteiger partial charge in [0.15, 0.2) is 0 Å². The molecule has 0 unspecified atom stereocenters. The molecule has 1 heterocycles. The van der Waals surface area contributed by atoms with Crippen molar-refractivity contribution in [3.8, 4) is 0 Å². The van der Waals surface area contributed by atoms with E-state index in [9.17, 15) is 8.42 Å². The van der Waals surface area contributed by atoms with Gasteiger partial charge in [-0.2, -0.15) is 8.42 Å². The summed E-state index contributed by atoms with van der Waals surface area (Å²) in [6, 6.07) is 4.56. The molecule has 0 bridgehead atoms. The summed E-state index contributed by atoms with van der Waals surface area (Å²) in [4.78, 5) is 0.164. The molecule has 0 atom stereocenters. The minimum absolute atomic E-state index is 0.164. The molecule has 0 radical (unpaired) electrons. The summed E-state index contributed by atoms with van der Waals surface area (Å²) in [6.07, 6.45) is 0. The van der Waals surface area contributed by atoms with Crippen LogP contribution in [0.1, 0.15) is 6.92 Å². The van der Waals surface area contributed by atoms with Gasteiger partial charge in [0, 0.05) is 5.69 Å². The van der Waals surface area contributed by atoms with E-state index in [2.05, 4.69) is 9.71 Å². The van der Waals surface area contributed by atoms with Crippen molar-refractivity contribution < 1.29 is 8.42 Å². The van der Waals surface area contributed by atoms with Gasteiger partial charge in [-0.1, -0.05) is 0 Å². The van der Waals surface area contributed by atoms with Gasteiger partial charge in [0.25, 0.3) is 10.0 Å². The van der Waals surface area contributed by atoms with Crippen LogP contribution in [0, 0.1) is 0 Å². The highest BCUT2D eigenvalue weighted by Gasteiger charge is 2.22. The van der Waals surface area contributed by atoms with Crippen molar-refractivity contribution in [3.05, 3.63) is 18.2 Å². The molecule has 1 aliphatic rings. The zero-order valence-corrected chi connectivity index (χ0v) is 8.30. The summed E-state index contributed by atoms with van der Waals surface area (Å²) < 4.78 is 26.6. The lowest BCUT2D eigenvalue weighted by atomic mass is 10.3. The zero-order valence-electron chi connectivity index (χ0n) is 7.48. The van der Waals surface area contributed by atoms with Crippen LogP contribution in [0.15, 0.2) is 27.5 Å². The molecule has 14 heavy (non-hydrogen) atoms. The van der Waals surface area contributed by atoms with Crippen LogP contribution in [-0.2, 0) is 10.0 Å². The van der Waals surface area contributed by atoms with Crippen LogP contribution in [0.25, 0.3) is 0 Å². The molecule has 0 saturated carbocycles. The Morgan fingerprint density at radius 3 is 2.86 bits per heavy atom. The molecule has 74 valence electrons. The van der Waals surface area contributed by atoms with Crippen molar-refractivity contribution in [1.29, 1.82) is 0 Å². The number of fused-ring (bicyclic) bond motifs is 1. The van der Waals surface area contributed by atoms with Gasteiger partial charge in [-0.25, -0.2) is 0 Å². The van der Waals surface area contributed by atoms with E-state index in [1.807, 2.05) is 0 Å². The lowest BCUT2D eigenvalue weighted by molar-refractivity contribution is 0.598. The van der Waals surface area contributed by atoms with E-state index in [1.165, 1.54) is 12.1 Å². The van der Waals surface area contributed by atoms with Gasteiger partial charge < -0.3 is 11.1 Å². The molecule has 2 rings (SSSR count). The van der Waals surface area contributed by atoms with Crippen LogP contribution in [0.4, 0.5) is 11.4 Å². The van der Waals surface area contributed by atoms with E-state index in [4.69, 9.17) is 5.73 Å². The van der Waals surface area contributed by atoms with E-state index in [0.29, 0.717) is 17.2 Å². The monoisotopic (exact) mass is 211 g/mol. The lowest BCUT2D eigenvalue weighted by Crippen LogP contribution is -2.18. The molecular weight excluding hydrogens is 202 g/mol. The number of nitrogens with zero attached hydrogens (tertiary/aromatic N) is 1. The smallest absolute Gasteiger partial charge is 0.286 e. The Bertz CT molecular complexity index is 519. The third-order valence-electron chi connectivity index (χ3n) is 1.85. The Labute approximate surface area is 81.7 Å². The van der Waals surface area contributed by atoms with Gasteiger partial charge in [-0.15, -0.1) is 4.40 Å². The lowest BCUT2D eigenvalue weighted by Gasteiger charge is -2.15. The second-order valence-corrected chi connectivity index (χ2v) is 4.60. The van der Waals surface area contributed by atoms with Gasteiger partial charge in [0.1, 0.15) is 10.7 Å². The minimum Gasteiger partial charge on any atom is -0.399 e. The number of nitrogens with two attached hydrogens (primary N) is 1. The number of rotatable bonds is 0. The van der Waals surface area contributed by atoms with E-state index >= 15 is 0 Å². The van der Waals surface area contributed by atoms with Crippen LogP contribution in [0.3, 0.4) is 0 Å². The molecule has 1 aromatic rings. The summed E-state index contributed by atoms with van der Waals surface area (Å²) in [5.74, 6) is 0.350. The van der Waals surface area contributed by atoms with Crippen molar-refractivity contribution >= 4 is 27.2 Å². The molecule has 0 aliphatic carbocycles. The number of nitrogens with one attached hydrogen (secondary N) is 1. The number of hydrogen-bond acceptors (Lipinski definition) is 4. The first kappa shape index (κ1) is 9.01. The highest BCUT2D eigenvalue weighted by Crippen LogP contribution is 2.28. The van der Waals surface area contributed by atoms with E-state index in [-0.39, 0.29) is 4.90 Å². The van der Waals surface area contributed by atoms with Gasteiger partial charge in [0.2, 0.25) is 0 Å². The average Bonchev–Trinajstić information content (AvgIpc) is 2.00. The number of anilines is 2. The largest absolute Gasteiger partial charge is 0.399 e. The maximum absolute atomic E-state index is 11.5. The molecule has 3 N–H and O–H groups in total. The number of amidine groups is 1. The predicted molar refractivity (Wildman–Crippen MR) is 54.8 cm³/mol. The fraction of sp³-hybridized carbons (Fsp3) is 0.125. The van der Waals surface area contributed by atoms with Crippen LogP contribution in [-0.4, -0.2) is 14.3 Å². The van der Waals surface area contributed by atoms with Gasteiger partial charge in [-0.05, 0) is 25.1 Å². The summed E-state index contributed by atoms with van der Waals surface area (Å²) in [5, 5.41) is 2.85. The van der Waals surface area contributed by atoms with Gasteiger partial charge in [0.05, 0.1) is 5.69 Å². The van der Waals surface area contributed by atoms with E-state index < -0.39 is 10.0 Å². The predicted octanol–water partition coefficient (Wildman–Crippen LogP) is 0.801. The number of sulfonamides is 1. The van der Waals surface area contributed by atoms with Crippen molar-refractivity contribution in [2.24, 2.45) is 4.40 Å². The molecule has 6 heteroatoms. The zero-order chi connectivity index (χ0) is 10.3. The van der Waals surface area contributed by atoms with Gasteiger partial charge >= 0.3 is 0 Å². The Kier molecular flexibility index (Phi) is 1.75. The summed E-state index contributed by atoms with van der Waals surface area (Å²) >= 11 is 0. The maximum atomic E-state index is 11.5. The Balaban J connectivity index is 2.71. The molecule has 0 saturated heterocycles. The number of hydrogen-bond donors (Lipinski definition) is 2. The van der Waals surface area contributed by atoms with Crippen molar-refractivity contribution in [3.63, 3.8) is 0 Å². The maximum Gasteiger partial charge on any atom is 0.286 e. The molecule has 1 aliphatic heterocycles. The standard InChI is InChI=1S/C8H9N3O2S/c1-5-10-7-4-6(9)2-3-8(7)14(12,13)11-5/h2-4H,9H2,1H3,(H,10,11). The second-order valence-electron chi connectivity index (χ2n) is 3.03. The molecule has 0 amide bonds. The first-order valence-corrected chi connectivity index (χ1v) is 5.41. The van der Waals surface area contributed by atoms with Crippen molar-refractivity contribution in [1.82, 2.24) is 0 Å². The minimum atomic E-state index is -3.54. The van der Waals surface area contributed by atoms with Gasteiger partial charge in [-0.3, -0.25) is 0 Å². The average molecular weight is 211 g/mol. The summed E-state index contributed by atoms with van der Waals surface area (Å²) in [6.45, 7) is 1.59. The van der Waals surface area contributed by atoms with E-state index in [1.54, 1.807) is 13.0 Å². The SMILES string of the molecule is CC1=NS(=O)(=O)c2ccc(N)cc2N1. The van der Waals surface area contributed by atoms with Crippen molar-refractivity contribution in [2.75, 3.05) is 11.1 Å². The Hall–Kier alpha value is -1.56. The summed E-state index contributed by atoms with van der Waals surface area (Å²) in [5.41, 5.74) is 6.54. The normalized spacial score (nSPS) is 17.9. The fourth-order valence-corrected chi connectivity index (χ4v) is 2.45. The topological polar surface area (TPSA) is 84.5 Å². The Morgan fingerprint density at radius 1 is 1.43 bits per heavy atom. The van der Waals surface area contributed by atoms with Crippen LogP contribution in [0.5, 0.6) is 0 Å². The summed E-state index contributed by atoms with van der Waals surface area (Å²) in [7, 11) is -3.54. The number of benzene rings is 1. The first-order chi connectivity index (χ1) is 6.49. The highest BCUT2D eigenvalue weighted by atomic mass is 32.2. The van der Waals surface area contributed by atoms with Crippen molar-refractivity contribution in [2.45, 2.75) is 11.8 Å². The molecule has 0 fully saturated rings. The fourth-order valence-electron chi connectivity index (χ4n) is 1.32. The second kappa shape index (κ2) is 2.71. The highest BCUT2D eigenvalue weighted by molar-refractivity contribution is 7.90. The quantitative estimate of drug-likeness (QED) is 0.622. The molecule has 5 nitrogen and oxygen atoms in total. The molecular formula is C8H9N3O2S. The first-order valence-electron chi connectivity index (χ1n) is 3.97. The molecule has 1 aromatic carbocycles. The number of nitrogen functional groups attached to an aromatic ring is 1. The van der Waals surface area contributed by atoms with Crippen LogP contribution >= 0.6 is 0 Å². The van der Waals surface area contributed by atoms with E-state index in [0.717, 1.165) is 0 Å².